The molecule has 0 radical (unpaired) electrons. The maximum absolute atomic E-state index is 12.9. The van der Waals surface area contributed by atoms with Gasteiger partial charge >= 0.3 is 0 Å². The summed E-state index contributed by atoms with van der Waals surface area (Å²) >= 11 is 0. The van der Waals surface area contributed by atoms with Crippen molar-refractivity contribution in [1.82, 2.24) is 14.9 Å². The topological polar surface area (TPSA) is 61.4 Å². The standard InChI is InChI=1S/C31H33N5O/c1-22-6-8-23(9-7-22)24-10-12-25(13-11-24)31(37)33-26-14-15-28-29(19-26)32-20-30(34-28)36-18-4-5-27(36)21-35-16-2-3-17-35/h6-15,19-20,27H,2-5,16-18,21H2,1H3,(H,33,37)/t27-/m0/s1. The van der Waals surface area contributed by atoms with E-state index in [1.54, 1.807) is 0 Å². The fraction of sp³-hybridized carbons (Fsp3) is 0.323. The normalized spacial score (nSPS) is 18.0. The third-order valence-electron chi connectivity index (χ3n) is 7.66. The van der Waals surface area contributed by atoms with Gasteiger partial charge in [-0.2, -0.15) is 0 Å². The predicted molar refractivity (Wildman–Crippen MR) is 150 cm³/mol. The average molecular weight is 492 g/mol. The van der Waals surface area contributed by atoms with Gasteiger partial charge in [-0.15, -0.1) is 0 Å². The minimum atomic E-state index is -0.138. The van der Waals surface area contributed by atoms with Crippen molar-refractivity contribution >= 4 is 28.4 Å². The lowest BCUT2D eigenvalue weighted by atomic mass is 10.0. The van der Waals surface area contributed by atoms with E-state index in [2.05, 4.69) is 46.3 Å². The van der Waals surface area contributed by atoms with Gasteiger partial charge in [0.1, 0.15) is 5.82 Å². The van der Waals surface area contributed by atoms with E-state index in [9.17, 15) is 4.79 Å². The first kappa shape index (κ1) is 23.6. The number of hydrogen-bond donors (Lipinski definition) is 1. The summed E-state index contributed by atoms with van der Waals surface area (Å²) in [6, 6.07) is 22.4. The van der Waals surface area contributed by atoms with Gasteiger partial charge in [0.25, 0.3) is 5.91 Å². The Kier molecular flexibility index (Phi) is 6.58. The number of nitrogens with one attached hydrogen (secondary N) is 1. The number of benzene rings is 3. The van der Waals surface area contributed by atoms with Gasteiger partial charge in [-0.1, -0.05) is 42.0 Å². The Morgan fingerprint density at radius 1 is 0.892 bits per heavy atom. The van der Waals surface area contributed by atoms with Gasteiger partial charge in [0, 0.05) is 30.4 Å². The molecule has 1 N–H and O–H groups in total. The molecule has 188 valence electrons. The first-order chi connectivity index (χ1) is 18.1. The van der Waals surface area contributed by atoms with Crippen molar-refractivity contribution in [3.05, 3.63) is 84.1 Å². The summed E-state index contributed by atoms with van der Waals surface area (Å²) in [7, 11) is 0. The lowest BCUT2D eigenvalue weighted by Crippen LogP contribution is -2.39. The Hall–Kier alpha value is -3.77. The van der Waals surface area contributed by atoms with E-state index in [-0.39, 0.29) is 5.91 Å². The second-order valence-corrected chi connectivity index (χ2v) is 10.3. The average Bonchev–Trinajstić information content (AvgIpc) is 3.62. The van der Waals surface area contributed by atoms with Gasteiger partial charge in [-0.05, 0) is 87.2 Å². The van der Waals surface area contributed by atoms with Crippen LogP contribution in [0.5, 0.6) is 0 Å². The summed E-state index contributed by atoms with van der Waals surface area (Å²) in [6.45, 7) is 6.68. The number of anilines is 2. The molecule has 2 aliphatic rings. The Balaban J connectivity index is 1.14. The summed E-state index contributed by atoms with van der Waals surface area (Å²) in [5.74, 6) is 0.820. The van der Waals surface area contributed by atoms with Crippen LogP contribution in [0.4, 0.5) is 11.5 Å². The lowest BCUT2D eigenvalue weighted by molar-refractivity contribution is 0.102. The Labute approximate surface area is 218 Å². The molecular formula is C31H33N5O. The number of nitrogens with zero attached hydrogens (tertiary/aromatic N) is 4. The monoisotopic (exact) mass is 491 g/mol. The molecule has 6 heteroatoms. The molecule has 2 fully saturated rings. The van der Waals surface area contributed by atoms with Crippen LogP contribution < -0.4 is 10.2 Å². The maximum atomic E-state index is 12.9. The van der Waals surface area contributed by atoms with Gasteiger partial charge in [0.2, 0.25) is 0 Å². The fourth-order valence-electron chi connectivity index (χ4n) is 5.57. The van der Waals surface area contributed by atoms with E-state index in [0.717, 1.165) is 46.8 Å². The third kappa shape index (κ3) is 5.20. The summed E-state index contributed by atoms with van der Waals surface area (Å²) < 4.78 is 0. The molecule has 1 atom stereocenters. The molecule has 0 bridgehead atoms. The molecule has 37 heavy (non-hydrogen) atoms. The first-order valence-corrected chi connectivity index (χ1v) is 13.4. The summed E-state index contributed by atoms with van der Waals surface area (Å²) in [5.41, 5.74) is 6.44. The molecule has 1 amide bonds. The van der Waals surface area contributed by atoms with Crippen LogP contribution in [0.25, 0.3) is 22.2 Å². The predicted octanol–water partition coefficient (Wildman–Crippen LogP) is 5.92. The Morgan fingerprint density at radius 3 is 2.38 bits per heavy atom. The van der Waals surface area contributed by atoms with Crippen LogP contribution in [0.3, 0.4) is 0 Å². The molecular weight excluding hydrogens is 458 g/mol. The van der Waals surface area contributed by atoms with Crippen LogP contribution in [-0.4, -0.2) is 53.0 Å². The first-order valence-electron chi connectivity index (χ1n) is 13.4. The number of aromatic nitrogens is 2. The minimum Gasteiger partial charge on any atom is -0.351 e. The van der Waals surface area contributed by atoms with Gasteiger partial charge < -0.3 is 15.1 Å². The van der Waals surface area contributed by atoms with Crippen LogP contribution in [-0.2, 0) is 0 Å². The SMILES string of the molecule is Cc1ccc(-c2ccc(C(=O)Nc3ccc4nc(N5CCC[C@H]5CN5CCCC5)cnc4c3)cc2)cc1. The number of hydrogen-bond acceptors (Lipinski definition) is 5. The van der Waals surface area contributed by atoms with Crippen molar-refractivity contribution in [3.8, 4) is 11.1 Å². The molecule has 0 spiro atoms. The smallest absolute Gasteiger partial charge is 0.255 e. The highest BCUT2D eigenvalue weighted by atomic mass is 16.1. The molecule has 6 nitrogen and oxygen atoms in total. The third-order valence-corrected chi connectivity index (χ3v) is 7.66. The van der Waals surface area contributed by atoms with Gasteiger partial charge in [-0.3, -0.25) is 9.78 Å². The molecule has 3 heterocycles. The minimum absolute atomic E-state index is 0.138. The van der Waals surface area contributed by atoms with Crippen molar-refractivity contribution in [2.45, 2.75) is 38.6 Å². The lowest BCUT2D eigenvalue weighted by Gasteiger charge is -2.29. The van der Waals surface area contributed by atoms with Crippen LogP contribution in [0.1, 0.15) is 41.6 Å². The Morgan fingerprint density at radius 2 is 1.62 bits per heavy atom. The van der Waals surface area contributed by atoms with Crippen molar-refractivity contribution < 1.29 is 4.79 Å². The number of carbonyl (C=O) groups is 1. The number of fused-ring (bicyclic) bond motifs is 1. The number of carbonyl (C=O) groups excluding carboxylic acids is 1. The molecule has 4 aromatic rings. The number of rotatable bonds is 6. The summed E-state index contributed by atoms with van der Waals surface area (Å²) in [5, 5.41) is 3.01. The molecule has 0 unspecified atom stereocenters. The highest BCUT2D eigenvalue weighted by molar-refractivity contribution is 6.05. The fourth-order valence-corrected chi connectivity index (χ4v) is 5.57. The second kappa shape index (κ2) is 10.3. The molecule has 0 saturated carbocycles. The van der Waals surface area contributed by atoms with Gasteiger partial charge in [-0.25, -0.2) is 4.98 Å². The van der Waals surface area contributed by atoms with Crippen LogP contribution in [0.15, 0.2) is 72.9 Å². The summed E-state index contributed by atoms with van der Waals surface area (Å²) in [4.78, 5) is 27.6. The highest BCUT2D eigenvalue weighted by Gasteiger charge is 2.28. The number of aryl methyl sites for hydroxylation is 1. The van der Waals surface area contributed by atoms with Crippen molar-refractivity contribution in [2.75, 3.05) is 36.4 Å². The van der Waals surface area contributed by atoms with Crippen LogP contribution in [0, 0.1) is 6.92 Å². The van der Waals surface area contributed by atoms with E-state index < -0.39 is 0 Å². The zero-order chi connectivity index (χ0) is 25.2. The maximum Gasteiger partial charge on any atom is 0.255 e. The molecule has 0 aliphatic carbocycles. The molecule has 2 aliphatic heterocycles. The van der Waals surface area contributed by atoms with Crippen molar-refractivity contribution in [3.63, 3.8) is 0 Å². The van der Waals surface area contributed by atoms with Gasteiger partial charge in [0.05, 0.1) is 17.2 Å². The second-order valence-electron chi connectivity index (χ2n) is 10.3. The van der Waals surface area contributed by atoms with Crippen molar-refractivity contribution in [2.24, 2.45) is 0 Å². The molecule has 2 saturated heterocycles. The van der Waals surface area contributed by atoms with Crippen molar-refractivity contribution in [1.29, 1.82) is 0 Å². The Bertz CT molecular complexity index is 1390. The molecule has 6 rings (SSSR count). The highest BCUT2D eigenvalue weighted by Crippen LogP contribution is 2.27. The molecule has 3 aromatic carbocycles. The van der Waals surface area contributed by atoms with Crippen LogP contribution in [0.2, 0.25) is 0 Å². The van der Waals surface area contributed by atoms with E-state index in [4.69, 9.17) is 9.97 Å². The molecule has 1 aromatic heterocycles. The van der Waals surface area contributed by atoms with E-state index >= 15 is 0 Å². The quantitative estimate of drug-likeness (QED) is 0.363. The number of likely N-dealkylation sites (tertiary alicyclic amines) is 1. The van der Waals surface area contributed by atoms with Gasteiger partial charge in [0.15, 0.2) is 0 Å². The summed E-state index contributed by atoms with van der Waals surface area (Å²) in [6.07, 6.45) is 6.95. The zero-order valence-corrected chi connectivity index (χ0v) is 21.4. The zero-order valence-electron chi connectivity index (χ0n) is 21.4. The van der Waals surface area contributed by atoms with E-state index in [1.165, 1.54) is 44.3 Å². The van der Waals surface area contributed by atoms with E-state index in [0.29, 0.717) is 11.6 Å². The van der Waals surface area contributed by atoms with Crippen LogP contribution >= 0.6 is 0 Å². The number of amides is 1. The largest absolute Gasteiger partial charge is 0.351 e. The van der Waals surface area contributed by atoms with E-state index in [1.807, 2.05) is 48.7 Å².